The van der Waals surface area contributed by atoms with Crippen molar-refractivity contribution in [3.63, 3.8) is 0 Å². The van der Waals surface area contributed by atoms with Crippen LogP contribution in [0.4, 0.5) is 5.13 Å². The molecule has 1 heterocycles. The molecule has 0 atom stereocenters. The molecular weight excluding hydrogens is 103 g/mol. The van der Waals surface area contributed by atoms with E-state index in [0.29, 0.717) is 5.13 Å². The number of nitrogens with two attached hydrogens (primary N) is 1. The molecule has 0 bridgehead atoms. The molecule has 2 N–H and O–H groups in total. The second kappa shape index (κ2) is 1.87. The van der Waals surface area contributed by atoms with Gasteiger partial charge in [-0.1, -0.05) is 0 Å². The molecule has 0 amide bonds. The molecular formula is C3H3LiN2S. The predicted octanol–water partition coefficient (Wildman–Crippen LogP) is -0.481. The van der Waals surface area contributed by atoms with Gasteiger partial charge in [0.1, 0.15) is 0 Å². The first-order chi connectivity index (χ1) is 3.29. The number of rotatable bonds is 0. The summed E-state index contributed by atoms with van der Waals surface area (Å²) in [5.74, 6) is 0. The van der Waals surface area contributed by atoms with E-state index < -0.39 is 0 Å². The number of hydrogen-bond acceptors (Lipinski definition) is 3. The standard InChI is InChI=1S/C3H3N2S.Li/c4-3-5-1-2-6-3;/h2H,(H2,4,5);. The summed E-state index contributed by atoms with van der Waals surface area (Å²) in [5.41, 5.74) is 5.29. The quantitative estimate of drug-likeness (QED) is 0.453. The van der Waals surface area contributed by atoms with Gasteiger partial charge >= 0.3 is 54.6 Å². The van der Waals surface area contributed by atoms with Gasteiger partial charge in [-0.15, -0.1) is 0 Å². The Bertz CT molecular complexity index is 145. The van der Waals surface area contributed by atoms with Gasteiger partial charge in [-0.05, 0) is 0 Å². The average Bonchev–Trinajstić information content (AvgIpc) is 1.87. The Morgan fingerprint density at radius 1 is 1.86 bits per heavy atom. The van der Waals surface area contributed by atoms with Crippen molar-refractivity contribution in [2.24, 2.45) is 0 Å². The Morgan fingerprint density at radius 2 is 2.57 bits per heavy atom. The molecule has 1 rings (SSSR count). The van der Waals surface area contributed by atoms with Crippen LogP contribution >= 0.6 is 11.3 Å². The first kappa shape index (κ1) is 5.17. The second-order valence-electron chi connectivity index (χ2n) is 1.33. The molecule has 1 aromatic rings. The molecule has 0 aliphatic rings. The summed E-state index contributed by atoms with van der Waals surface area (Å²) in [6, 6.07) is 0. The Labute approximate surface area is 55.0 Å². The molecule has 4 heteroatoms. The van der Waals surface area contributed by atoms with Crippen LogP contribution < -0.4 is 10.1 Å². The normalized spacial score (nSPS) is 9.43. The molecule has 0 unspecified atom stereocenters. The minimum atomic E-state index is 0.650. The minimum absolute atomic E-state index is 0.650. The van der Waals surface area contributed by atoms with Crippen molar-refractivity contribution in [1.82, 2.24) is 4.98 Å². The van der Waals surface area contributed by atoms with Crippen LogP contribution in [0.5, 0.6) is 0 Å². The van der Waals surface area contributed by atoms with Gasteiger partial charge in [-0.3, -0.25) is 0 Å². The molecule has 2 nitrogen and oxygen atoms in total. The molecule has 0 fully saturated rings. The van der Waals surface area contributed by atoms with Crippen molar-refractivity contribution in [2.45, 2.75) is 0 Å². The fourth-order valence-electron chi connectivity index (χ4n) is 0.372. The Morgan fingerprint density at radius 3 is 2.71 bits per heavy atom. The maximum absolute atomic E-state index is 5.29. The molecule has 0 aliphatic heterocycles. The van der Waals surface area contributed by atoms with Crippen LogP contribution in [0.1, 0.15) is 0 Å². The van der Waals surface area contributed by atoms with E-state index in [0.717, 1.165) is 4.37 Å². The van der Waals surface area contributed by atoms with Crippen LogP contribution in [0.25, 0.3) is 0 Å². The molecule has 32 valence electrons. The van der Waals surface area contributed by atoms with Crippen molar-refractivity contribution in [3.05, 3.63) is 5.38 Å². The molecule has 0 aromatic carbocycles. The zero-order chi connectivity index (χ0) is 5.28. The molecule has 0 aliphatic carbocycles. The topological polar surface area (TPSA) is 38.9 Å². The summed E-state index contributed by atoms with van der Waals surface area (Å²) >= 11 is 3.39. The summed E-state index contributed by atoms with van der Waals surface area (Å²) in [7, 11) is 0. The third-order valence-corrected chi connectivity index (χ3v) is 1.43. The molecule has 0 saturated carbocycles. The van der Waals surface area contributed by atoms with E-state index >= 15 is 0 Å². The number of thiazole rings is 1. The Hall–Kier alpha value is 0.0274. The van der Waals surface area contributed by atoms with Crippen LogP contribution in [-0.2, 0) is 0 Å². The molecule has 0 radical (unpaired) electrons. The van der Waals surface area contributed by atoms with Crippen molar-refractivity contribution >= 4 is 38.6 Å². The van der Waals surface area contributed by atoms with E-state index in [2.05, 4.69) is 4.98 Å². The zero-order valence-electron chi connectivity index (χ0n) is 4.01. The SMILES string of the molecule is [Li][c]1csc(N)n1. The van der Waals surface area contributed by atoms with Crippen molar-refractivity contribution in [2.75, 3.05) is 5.73 Å². The molecule has 0 saturated heterocycles. The molecule has 7 heavy (non-hydrogen) atoms. The summed E-state index contributed by atoms with van der Waals surface area (Å²) in [6.07, 6.45) is 0. The summed E-state index contributed by atoms with van der Waals surface area (Å²) in [6.45, 7) is 0. The van der Waals surface area contributed by atoms with Crippen molar-refractivity contribution < 1.29 is 0 Å². The van der Waals surface area contributed by atoms with Crippen LogP contribution in [0.3, 0.4) is 0 Å². The van der Waals surface area contributed by atoms with Gasteiger partial charge in [0.15, 0.2) is 0 Å². The first-order valence-corrected chi connectivity index (χ1v) is 2.84. The van der Waals surface area contributed by atoms with E-state index in [1.165, 1.54) is 11.3 Å². The first-order valence-electron chi connectivity index (χ1n) is 1.96. The van der Waals surface area contributed by atoms with E-state index in [9.17, 15) is 0 Å². The van der Waals surface area contributed by atoms with Gasteiger partial charge < -0.3 is 0 Å². The average molecular weight is 106 g/mol. The van der Waals surface area contributed by atoms with Gasteiger partial charge in [-0.2, -0.15) is 0 Å². The van der Waals surface area contributed by atoms with E-state index in [1.54, 1.807) is 0 Å². The van der Waals surface area contributed by atoms with Gasteiger partial charge in [0, 0.05) is 0 Å². The predicted molar refractivity (Wildman–Crippen MR) is 31.9 cm³/mol. The summed E-state index contributed by atoms with van der Waals surface area (Å²) < 4.78 is 1.00. The van der Waals surface area contributed by atoms with E-state index in [4.69, 9.17) is 5.73 Å². The number of hydrogen-bond donors (Lipinski definition) is 1. The fraction of sp³-hybridized carbons (Fsp3) is 0. The monoisotopic (exact) mass is 106 g/mol. The van der Waals surface area contributed by atoms with Gasteiger partial charge in [0.2, 0.25) is 0 Å². The number of nitrogens with zero attached hydrogens (tertiary/aromatic N) is 1. The summed E-state index contributed by atoms with van der Waals surface area (Å²) in [4.78, 5) is 3.91. The summed E-state index contributed by atoms with van der Waals surface area (Å²) in [5, 5.41) is 2.58. The fourth-order valence-corrected chi connectivity index (χ4v) is 0.913. The Balaban J connectivity index is 3.04. The van der Waals surface area contributed by atoms with Gasteiger partial charge in [0.05, 0.1) is 0 Å². The van der Waals surface area contributed by atoms with Gasteiger partial charge in [-0.25, -0.2) is 0 Å². The molecule has 1 aromatic heterocycles. The third-order valence-electron chi connectivity index (χ3n) is 0.637. The van der Waals surface area contributed by atoms with Crippen molar-refractivity contribution in [3.8, 4) is 0 Å². The van der Waals surface area contributed by atoms with E-state index in [-0.39, 0.29) is 0 Å². The van der Waals surface area contributed by atoms with Crippen LogP contribution in [0.2, 0.25) is 0 Å². The second-order valence-corrected chi connectivity index (χ2v) is 2.22. The molecule has 0 spiro atoms. The van der Waals surface area contributed by atoms with Gasteiger partial charge in [0.25, 0.3) is 0 Å². The van der Waals surface area contributed by atoms with Crippen LogP contribution in [0, 0.1) is 0 Å². The van der Waals surface area contributed by atoms with Crippen LogP contribution in [-0.4, -0.2) is 22.7 Å². The van der Waals surface area contributed by atoms with Crippen molar-refractivity contribution in [1.29, 1.82) is 0 Å². The maximum atomic E-state index is 5.29. The number of aromatic nitrogens is 1. The zero-order valence-corrected chi connectivity index (χ0v) is 4.83. The van der Waals surface area contributed by atoms with Crippen LogP contribution in [0.15, 0.2) is 5.38 Å². The number of anilines is 1. The third kappa shape index (κ3) is 1.20. The van der Waals surface area contributed by atoms with E-state index in [1.807, 2.05) is 23.1 Å². The Kier molecular flexibility index (Phi) is 1.38. The number of nitrogen functional groups attached to an aromatic ring is 1.